The summed E-state index contributed by atoms with van der Waals surface area (Å²) in [6.45, 7) is 9.93. The third kappa shape index (κ3) is 5.35. The van der Waals surface area contributed by atoms with Crippen LogP contribution >= 0.6 is 11.6 Å². The van der Waals surface area contributed by atoms with Crippen LogP contribution < -0.4 is 15.5 Å². The molecule has 43 heavy (non-hydrogen) atoms. The van der Waals surface area contributed by atoms with E-state index in [4.69, 9.17) is 21.6 Å². The second-order valence-corrected chi connectivity index (χ2v) is 11.8. The molecule has 1 aliphatic heterocycles. The quantitative estimate of drug-likeness (QED) is 0.330. The molecule has 0 aliphatic carbocycles. The summed E-state index contributed by atoms with van der Waals surface area (Å²) in [4.78, 5) is 49.8. The Morgan fingerprint density at radius 3 is 2.42 bits per heavy atom. The molecule has 0 radical (unpaired) electrons. The maximum atomic E-state index is 15.0. The van der Waals surface area contributed by atoms with E-state index in [0.717, 1.165) is 0 Å². The first-order chi connectivity index (χ1) is 20.3. The van der Waals surface area contributed by atoms with E-state index in [1.54, 1.807) is 43.0 Å². The number of benzene rings is 1. The van der Waals surface area contributed by atoms with Crippen molar-refractivity contribution in [3.8, 4) is 16.9 Å². The van der Waals surface area contributed by atoms with E-state index in [1.807, 2.05) is 39.8 Å². The zero-order valence-electron chi connectivity index (χ0n) is 25.1. The Balaban J connectivity index is 1.86. The summed E-state index contributed by atoms with van der Waals surface area (Å²) in [6.07, 6.45) is -1.01. The smallest absolute Gasteiger partial charge is 0.407 e. The fourth-order valence-corrected chi connectivity index (χ4v) is 5.76. The van der Waals surface area contributed by atoms with Crippen LogP contribution in [0.4, 0.5) is 21.0 Å². The highest BCUT2D eigenvalue weighted by molar-refractivity contribution is 6.33. The molecule has 2 atom stereocenters. The third-order valence-electron chi connectivity index (χ3n) is 7.68. The van der Waals surface area contributed by atoms with Crippen LogP contribution in [0.2, 0.25) is 5.02 Å². The Kier molecular flexibility index (Phi) is 7.99. The highest BCUT2D eigenvalue weighted by Gasteiger charge is 2.35. The highest BCUT2D eigenvalue weighted by atomic mass is 35.5. The molecule has 226 valence electrons. The average molecular weight is 609 g/mol. The second-order valence-electron chi connectivity index (χ2n) is 11.4. The van der Waals surface area contributed by atoms with Crippen LogP contribution in [0, 0.1) is 12.7 Å². The number of anilines is 2. The first-order valence-corrected chi connectivity index (χ1v) is 14.4. The van der Waals surface area contributed by atoms with Gasteiger partial charge in [0.05, 0.1) is 33.2 Å². The topological polar surface area (TPSA) is 121 Å². The summed E-state index contributed by atoms with van der Waals surface area (Å²) in [5.41, 5.74) is 1.55. The summed E-state index contributed by atoms with van der Waals surface area (Å²) >= 11 is 6.78. The molecule has 1 amide bonds. The number of piperazine rings is 1. The lowest BCUT2D eigenvalue weighted by atomic mass is 10.1. The molecule has 0 saturated carbocycles. The molecule has 5 rings (SSSR count). The van der Waals surface area contributed by atoms with Crippen molar-refractivity contribution >= 4 is 40.5 Å². The van der Waals surface area contributed by atoms with Crippen LogP contribution in [0.5, 0.6) is 0 Å². The molecule has 11 nitrogen and oxygen atoms in total. The highest BCUT2D eigenvalue weighted by Crippen LogP contribution is 2.36. The Morgan fingerprint density at radius 2 is 1.79 bits per heavy atom. The summed E-state index contributed by atoms with van der Waals surface area (Å²) < 4.78 is 16.4. The predicted octanol–water partition coefficient (Wildman–Crippen LogP) is 5.11. The van der Waals surface area contributed by atoms with Crippen LogP contribution in [0.15, 0.2) is 35.1 Å². The minimum Gasteiger partial charge on any atom is -0.465 e. The molecule has 1 aromatic carbocycles. The number of pyridine rings is 1. The maximum Gasteiger partial charge on any atom is 0.407 e. The number of hydrogen-bond donors (Lipinski definition) is 1. The number of rotatable bonds is 5. The Bertz CT molecular complexity index is 1790. The van der Waals surface area contributed by atoms with E-state index >= 15 is 4.39 Å². The number of nitrogens with zero attached hydrogens (tertiary/aromatic N) is 8. The number of aryl methyl sites for hydroxylation is 1. The van der Waals surface area contributed by atoms with E-state index in [0.29, 0.717) is 40.8 Å². The summed E-state index contributed by atoms with van der Waals surface area (Å²) in [5.74, 6) is 0.212. The number of carbonyl (C=O) groups is 1. The first kappa shape index (κ1) is 30.1. The van der Waals surface area contributed by atoms with Crippen molar-refractivity contribution in [2.24, 2.45) is 0 Å². The maximum absolute atomic E-state index is 15.0. The standard InChI is InChI=1S/C30H34ClFN8O3/c1-15(2)23-25(18(5)33-28(35-23)37(6)7)40-27-20(12-21(31)24(34-27)19-10-8-9-11-22(19)32)26(36-29(40)41)38-13-17(4)39(30(42)43)14-16(38)3/h8-12,15-17H,13-14H2,1-7H3,(H,42,43). The Morgan fingerprint density at radius 1 is 1.09 bits per heavy atom. The molecule has 3 aromatic heterocycles. The lowest BCUT2D eigenvalue weighted by molar-refractivity contribution is 0.114. The zero-order valence-corrected chi connectivity index (χ0v) is 25.9. The molecule has 1 N–H and O–H groups in total. The SMILES string of the molecule is Cc1nc(N(C)C)nc(C(C)C)c1-n1c(=O)nc(N2CC(C)N(C(=O)O)CC2C)c2cc(Cl)c(-c3ccccc3F)nc21. The van der Waals surface area contributed by atoms with Gasteiger partial charge in [-0.05, 0) is 44.9 Å². The minimum atomic E-state index is -1.01. The number of halogens is 2. The predicted molar refractivity (Wildman–Crippen MR) is 165 cm³/mol. The van der Waals surface area contributed by atoms with Crippen molar-refractivity contribution in [2.45, 2.75) is 52.6 Å². The third-order valence-corrected chi connectivity index (χ3v) is 7.97. The summed E-state index contributed by atoms with van der Waals surface area (Å²) in [7, 11) is 3.68. The normalized spacial score (nSPS) is 17.2. The molecule has 0 bridgehead atoms. The van der Waals surface area contributed by atoms with Gasteiger partial charge < -0.3 is 19.8 Å². The number of carboxylic acid groups (broad SMARTS) is 1. The monoisotopic (exact) mass is 608 g/mol. The van der Waals surface area contributed by atoms with Crippen molar-refractivity contribution in [2.75, 3.05) is 37.0 Å². The molecule has 2 unspecified atom stereocenters. The van der Waals surface area contributed by atoms with Gasteiger partial charge in [0.15, 0.2) is 5.65 Å². The molecular formula is C30H34ClFN8O3. The van der Waals surface area contributed by atoms with Gasteiger partial charge in [0.2, 0.25) is 5.95 Å². The Labute approximate surface area is 253 Å². The molecular weight excluding hydrogens is 575 g/mol. The van der Waals surface area contributed by atoms with Gasteiger partial charge in [-0.3, -0.25) is 0 Å². The first-order valence-electron chi connectivity index (χ1n) is 14.0. The fourth-order valence-electron chi connectivity index (χ4n) is 5.51. The van der Waals surface area contributed by atoms with Gasteiger partial charge in [0.1, 0.15) is 11.6 Å². The van der Waals surface area contributed by atoms with Gasteiger partial charge in [0.25, 0.3) is 0 Å². The molecule has 0 spiro atoms. The minimum absolute atomic E-state index is 0.0969. The largest absolute Gasteiger partial charge is 0.465 e. The van der Waals surface area contributed by atoms with E-state index < -0.39 is 17.6 Å². The lowest BCUT2D eigenvalue weighted by Gasteiger charge is -2.43. The molecule has 1 aliphatic rings. The van der Waals surface area contributed by atoms with Gasteiger partial charge in [-0.25, -0.2) is 33.5 Å². The van der Waals surface area contributed by atoms with Crippen molar-refractivity contribution in [1.82, 2.24) is 29.4 Å². The second kappa shape index (κ2) is 11.4. The lowest BCUT2D eigenvalue weighted by Crippen LogP contribution is -2.58. The van der Waals surface area contributed by atoms with Crippen LogP contribution in [0.1, 0.15) is 45.0 Å². The number of hydrogen-bond acceptors (Lipinski definition) is 8. The van der Waals surface area contributed by atoms with Gasteiger partial charge >= 0.3 is 11.8 Å². The average Bonchev–Trinajstić information content (AvgIpc) is 2.94. The number of fused-ring (bicyclic) bond motifs is 1. The van der Waals surface area contributed by atoms with Crippen molar-refractivity contribution < 1.29 is 14.3 Å². The molecule has 13 heteroatoms. The van der Waals surface area contributed by atoms with E-state index in [-0.39, 0.29) is 46.5 Å². The van der Waals surface area contributed by atoms with Gasteiger partial charge in [-0.1, -0.05) is 37.6 Å². The molecule has 1 saturated heterocycles. The fraction of sp³-hybridized carbons (Fsp3) is 0.400. The van der Waals surface area contributed by atoms with Crippen LogP contribution in [-0.2, 0) is 0 Å². The molecule has 4 aromatic rings. The van der Waals surface area contributed by atoms with E-state index in [9.17, 15) is 14.7 Å². The van der Waals surface area contributed by atoms with Crippen LogP contribution in [0.3, 0.4) is 0 Å². The molecule has 4 heterocycles. The van der Waals surface area contributed by atoms with E-state index in [1.165, 1.54) is 15.5 Å². The van der Waals surface area contributed by atoms with Crippen LogP contribution in [-0.4, -0.2) is 79.9 Å². The van der Waals surface area contributed by atoms with Gasteiger partial charge in [-0.15, -0.1) is 0 Å². The number of amides is 1. The summed E-state index contributed by atoms with van der Waals surface area (Å²) in [5, 5.41) is 10.3. The molecule has 1 fully saturated rings. The van der Waals surface area contributed by atoms with Gasteiger partial charge in [-0.2, -0.15) is 4.98 Å². The van der Waals surface area contributed by atoms with Crippen molar-refractivity contribution in [3.63, 3.8) is 0 Å². The zero-order chi connectivity index (χ0) is 31.3. The van der Waals surface area contributed by atoms with Crippen molar-refractivity contribution in [1.29, 1.82) is 0 Å². The summed E-state index contributed by atoms with van der Waals surface area (Å²) in [6, 6.07) is 7.13. The number of aromatic nitrogens is 5. The van der Waals surface area contributed by atoms with E-state index in [2.05, 4.69) is 9.97 Å². The Hall–Kier alpha value is -4.32. The van der Waals surface area contributed by atoms with Gasteiger partial charge in [0, 0.05) is 44.8 Å². The van der Waals surface area contributed by atoms with Crippen molar-refractivity contribution in [3.05, 3.63) is 63.0 Å². The van der Waals surface area contributed by atoms with Crippen LogP contribution in [0.25, 0.3) is 28.0 Å².